The van der Waals surface area contributed by atoms with Gasteiger partial charge in [0.15, 0.2) is 5.13 Å². The molecule has 0 unspecified atom stereocenters. The van der Waals surface area contributed by atoms with Crippen LogP contribution in [0.2, 0.25) is 0 Å². The van der Waals surface area contributed by atoms with Crippen molar-refractivity contribution in [1.29, 1.82) is 0 Å². The quantitative estimate of drug-likeness (QED) is 0.410. The molecule has 158 valence electrons. The Bertz CT molecular complexity index is 1170. The lowest BCUT2D eigenvalue weighted by molar-refractivity contribution is -0.385. The fourth-order valence-corrected chi connectivity index (χ4v) is 4.08. The van der Waals surface area contributed by atoms with Gasteiger partial charge < -0.3 is 5.32 Å². The number of aryl methyl sites for hydroxylation is 1. The summed E-state index contributed by atoms with van der Waals surface area (Å²) in [7, 11) is -0.576. The molecule has 0 saturated carbocycles. The molecule has 2 aromatic heterocycles. The molecule has 0 fully saturated rings. The summed E-state index contributed by atoms with van der Waals surface area (Å²) in [4.78, 5) is 26.7. The molecule has 0 saturated heterocycles. The highest BCUT2D eigenvalue weighted by atomic mass is 32.2. The van der Waals surface area contributed by atoms with E-state index in [4.69, 9.17) is 0 Å². The van der Waals surface area contributed by atoms with Crippen LogP contribution < -0.4 is 5.32 Å². The second kappa shape index (κ2) is 8.69. The first-order chi connectivity index (χ1) is 14.2. The zero-order valence-electron chi connectivity index (χ0n) is 16.0. The average molecular weight is 451 g/mol. The van der Waals surface area contributed by atoms with E-state index in [1.807, 2.05) is 0 Å². The third kappa shape index (κ3) is 4.87. The van der Waals surface area contributed by atoms with E-state index in [1.165, 1.54) is 48.4 Å². The van der Waals surface area contributed by atoms with Gasteiger partial charge in [0, 0.05) is 38.0 Å². The maximum atomic E-state index is 12.1. The van der Waals surface area contributed by atoms with Gasteiger partial charge in [-0.25, -0.2) is 17.7 Å². The zero-order valence-corrected chi connectivity index (χ0v) is 17.7. The number of benzene rings is 1. The number of amides is 1. The third-order valence-corrected chi connectivity index (χ3v) is 6.66. The summed E-state index contributed by atoms with van der Waals surface area (Å²) in [5, 5.41) is 19.3. The van der Waals surface area contributed by atoms with Gasteiger partial charge in [0.1, 0.15) is 12.4 Å². The minimum atomic E-state index is -3.50. The van der Waals surface area contributed by atoms with Crippen LogP contribution in [0.15, 0.2) is 46.9 Å². The minimum Gasteiger partial charge on any atom is -0.302 e. The lowest BCUT2D eigenvalue weighted by atomic mass is 10.2. The standard InChI is InChI=1S/C17H18N6O5S2/c1-21(2)30(27,28)14-5-3-12(4-6-14)15-11-29-17(19-15)20-16(24)7-8-22-10-13(9-18-22)23(25)26/h3-6,9-11H,7-8H2,1-2H3,(H,19,20,24). The lowest BCUT2D eigenvalue weighted by Gasteiger charge is -2.11. The predicted octanol–water partition coefficient (Wildman–Crippen LogP) is 2.19. The maximum absolute atomic E-state index is 12.1. The molecule has 2 heterocycles. The van der Waals surface area contributed by atoms with Gasteiger partial charge in [-0.1, -0.05) is 12.1 Å². The summed E-state index contributed by atoms with van der Waals surface area (Å²) in [6.07, 6.45) is 2.46. The number of thiazole rings is 1. The normalized spacial score (nSPS) is 11.6. The van der Waals surface area contributed by atoms with Crippen molar-refractivity contribution in [3.05, 3.63) is 52.2 Å². The van der Waals surface area contributed by atoms with E-state index in [-0.39, 0.29) is 29.5 Å². The van der Waals surface area contributed by atoms with Gasteiger partial charge in [0.2, 0.25) is 15.9 Å². The van der Waals surface area contributed by atoms with Crippen molar-refractivity contribution in [3.8, 4) is 11.3 Å². The molecule has 1 aromatic carbocycles. The molecule has 1 amide bonds. The first-order valence-electron chi connectivity index (χ1n) is 8.62. The van der Waals surface area contributed by atoms with Crippen molar-refractivity contribution in [2.75, 3.05) is 19.4 Å². The van der Waals surface area contributed by atoms with Crippen LogP contribution in [0, 0.1) is 10.1 Å². The first kappa shape index (κ1) is 21.5. The van der Waals surface area contributed by atoms with E-state index in [0.717, 1.165) is 10.5 Å². The number of nitrogens with zero attached hydrogens (tertiary/aromatic N) is 5. The number of carbonyl (C=O) groups excluding carboxylic acids is 1. The Hall–Kier alpha value is -3.16. The van der Waals surface area contributed by atoms with Crippen LogP contribution in [-0.2, 0) is 21.4 Å². The summed E-state index contributed by atoms with van der Waals surface area (Å²) in [6, 6.07) is 6.32. The van der Waals surface area contributed by atoms with Crippen molar-refractivity contribution >= 4 is 38.1 Å². The molecule has 3 aromatic rings. The second-order valence-electron chi connectivity index (χ2n) is 6.37. The fraction of sp³-hybridized carbons (Fsp3) is 0.235. The van der Waals surface area contributed by atoms with E-state index in [9.17, 15) is 23.3 Å². The Balaban J connectivity index is 1.60. The summed E-state index contributed by atoms with van der Waals surface area (Å²) < 4.78 is 26.7. The molecule has 13 heteroatoms. The first-order valence-corrected chi connectivity index (χ1v) is 10.9. The van der Waals surface area contributed by atoms with Crippen LogP contribution in [0.4, 0.5) is 10.8 Å². The number of nitrogens with one attached hydrogen (secondary N) is 1. The molecule has 30 heavy (non-hydrogen) atoms. The van der Waals surface area contributed by atoms with Gasteiger partial charge in [-0.05, 0) is 12.1 Å². The van der Waals surface area contributed by atoms with Crippen LogP contribution in [-0.4, -0.2) is 52.4 Å². The zero-order chi connectivity index (χ0) is 21.9. The van der Waals surface area contributed by atoms with Crippen molar-refractivity contribution in [2.45, 2.75) is 17.9 Å². The fourth-order valence-electron chi connectivity index (χ4n) is 2.44. The monoisotopic (exact) mass is 450 g/mol. The van der Waals surface area contributed by atoms with Crippen molar-refractivity contribution < 1.29 is 18.1 Å². The number of hydrogen-bond acceptors (Lipinski definition) is 8. The molecular formula is C17H18N6O5S2. The Labute approximate surface area is 176 Å². The number of hydrogen-bond donors (Lipinski definition) is 1. The summed E-state index contributed by atoms with van der Waals surface area (Å²) in [5.74, 6) is -0.304. The van der Waals surface area contributed by atoms with Crippen molar-refractivity contribution in [1.82, 2.24) is 19.1 Å². The highest BCUT2D eigenvalue weighted by molar-refractivity contribution is 7.89. The van der Waals surface area contributed by atoms with Crippen LogP contribution in [0.5, 0.6) is 0 Å². The second-order valence-corrected chi connectivity index (χ2v) is 9.38. The number of rotatable bonds is 8. The molecule has 0 spiro atoms. The van der Waals surface area contributed by atoms with Gasteiger partial charge in [-0.2, -0.15) is 5.10 Å². The molecule has 1 N–H and O–H groups in total. The molecule has 3 rings (SSSR count). The van der Waals surface area contributed by atoms with Crippen LogP contribution >= 0.6 is 11.3 Å². The molecule has 11 nitrogen and oxygen atoms in total. The molecule has 0 aliphatic heterocycles. The Kier molecular flexibility index (Phi) is 6.24. The average Bonchev–Trinajstić information content (AvgIpc) is 3.36. The van der Waals surface area contributed by atoms with E-state index in [0.29, 0.717) is 16.4 Å². The maximum Gasteiger partial charge on any atom is 0.306 e. The van der Waals surface area contributed by atoms with Gasteiger partial charge in [-0.3, -0.25) is 19.6 Å². The molecule has 0 bridgehead atoms. The summed E-state index contributed by atoms with van der Waals surface area (Å²) in [6.45, 7) is 0.194. The molecule has 0 aliphatic rings. The number of aromatic nitrogens is 3. The number of carbonyl (C=O) groups is 1. The highest BCUT2D eigenvalue weighted by Crippen LogP contribution is 2.26. The number of sulfonamides is 1. The number of anilines is 1. The van der Waals surface area contributed by atoms with Crippen LogP contribution in [0.25, 0.3) is 11.3 Å². The van der Waals surface area contributed by atoms with E-state index in [2.05, 4.69) is 15.4 Å². The van der Waals surface area contributed by atoms with Gasteiger partial charge >= 0.3 is 5.69 Å². The van der Waals surface area contributed by atoms with E-state index >= 15 is 0 Å². The SMILES string of the molecule is CN(C)S(=O)(=O)c1ccc(-c2csc(NC(=O)CCn3cc([N+](=O)[O-])cn3)n2)cc1. The van der Waals surface area contributed by atoms with Crippen molar-refractivity contribution in [3.63, 3.8) is 0 Å². The Morgan fingerprint density at radius 3 is 2.60 bits per heavy atom. The Morgan fingerprint density at radius 1 is 1.30 bits per heavy atom. The minimum absolute atomic E-state index is 0.0742. The summed E-state index contributed by atoms with van der Waals surface area (Å²) >= 11 is 1.24. The lowest BCUT2D eigenvalue weighted by Crippen LogP contribution is -2.22. The van der Waals surface area contributed by atoms with E-state index < -0.39 is 14.9 Å². The molecular weight excluding hydrogens is 432 g/mol. The summed E-state index contributed by atoms with van der Waals surface area (Å²) in [5.41, 5.74) is 1.18. The highest BCUT2D eigenvalue weighted by Gasteiger charge is 2.17. The Morgan fingerprint density at radius 2 is 2.00 bits per heavy atom. The smallest absolute Gasteiger partial charge is 0.302 e. The van der Waals surface area contributed by atoms with Gasteiger partial charge in [0.05, 0.1) is 15.5 Å². The van der Waals surface area contributed by atoms with Crippen LogP contribution in [0.1, 0.15) is 6.42 Å². The largest absolute Gasteiger partial charge is 0.306 e. The molecule has 0 radical (unpaired) electrons. The van der Waals surface area contributed by atoms with Gasteiger partial charge in [0.25, 0.3) is 0 Å². The van der Waals surface area contributed by atoms with Crippen LogP contribution in [0.3, 0.4) is 0 Å². The molecule has 0 aliphatic carbocycles. The molecule has 0 atom stereocenters. The topological polar surface area (TPSA) is 140 Å². The third-order valence-electron chi connectivity index (χ3n) is 4.08. The van der Waals surface area contributed by atoms with Gasteiger partial charge in [-0.15, -0.1) is 11.3 Å². The van der Waals surface area contributed by atoms with Crippen molar-refractivity contribution in [2.24, 2.45) is 0 Å². The van der Waals surface area contributed by atoms with E-state index in [1.54, 1.807) is 17.5 Å². The predicted molar refractivity (Wildman–Crippen MR) is 111 cm³/mol. The number of nitro groups is 1.